The van der Waals surface area contributed by atoms with Crippen molar-refractivity contribution in [1.29, 1.82) is 0 Å². The summed E-state index contributed by atoms with van der Waals surface area (Å²) in [6.45, 7) is 2.95. The molecule has 3 fully saturated rings. The summed E-state index contributed by atoms with van der Waals surface area (Å²) in [4.78, 5) is 17.9. The molecule has 2 saturated heterocycles. The summed E-state index contributed by atoms with van der Waals surface area (Å²) in [5.74, 6) is -2.94. The Kier molecular flexibility index (Phi) is 4.69. The highest BCUT2D eigenvalue weighted by Crippen LogP contribution is 2.47. The Balaban J connectivity index is 1.21. The third kappa shape index (κ3) is 3.47. The number of hydrogen-bond acceptors (Lipinski definition) is 4. The summed E-state index contributed by atoms with van der Waals surface area (Å²) in [6, 6.07) is 3.86. The van der Waals surface area contributed by atoms with Crippen LogP contribution in [0.4, 0.5) is 8.78 Å². The smallest absolute Gasteiger partial charge is 0.249 e. The van der Waals surface area contributed by atoms with Crippen molar-refractivity contribution in [2.24, 2.45) is 11.8 Å². The van der Waals surface area contributed by atoms with E-state index in [0.717, 1.165) is 18.4 Å². The van der Waals surface area contributed by atoms with Crippen LogP contribution in [0.5, 0.6) is 0 Å². The number of carbonyl (C=O) groups excluding carboxylic acids is 1. The van der Waals surface area contributed by atoms with Crippen LogP contribution in [0, 0.1) is 11.8 Å². The van der Waals surface area contributed by atoms with Crippen molar-refractivity contribution < 1.29 is 23.0 Å². The van der Waals surface area contributed by atoms with Crippen LogP contribution in [0.2, 0.25) is 0 Å². The van der Waals surface area contributed by atoms with Crippen molar-refractivity contribution in [2.75, 3.05) is 26.3 Å². The van der Waals surface area contributed by atoms with Gasteiger partial charge in [-0.15, -0.1) is 0 Å². The van der Waals surface area contributed by atoms with Crippen LogP contribution >= 0.6 is 0 Å². The van der Waals surface area contributed by atoms with Crippen molar-refractivity contribution in [2.45, 2.75) is 43.8 Å². The maximum Gasteiger partial charge on any atom is 0.249 e. The second-order valence-corrected chi connectivity index (χ2v) is 7.75. The molecule has 1 atom stereocenters. The molecule has 1 aromatic rings. The number of rotatable bonds is 6. The lowest BCUT2D eigenvalue weighted by Gasteiger charge is -2.52. The molecule has 1 amide bonds. The number of ether oxygens (including phenoxy) is 2. The molecule has 0 aromatic carbocycles. The lowest BCUT2D eigenvalue weighted by molar-refractivity contribution is -0.185. The standard InChI is InChI=1S/C19H24F2N2O3/c20-19(21)9-15(10-19)17(24)23-12-18(13-23)16(4-8-26-18)3-7-25-11-14-1-5-22-6-2-14/h1-2,5-6,15-16H,3-4,7-13H2. The highest BCUT2D eigenvalue weighted by Gasteiger charge is 2.57. The van der Waals surface area contributed by atoms with Crippen LogP contribution < -0.4 is 0 Å². The average molecular weight is 366 g/mol. The molecule has 0 radical (unpaired) electrons. The first-order chi connectivity index (χ1) is 12.5. The maximum atomic E-state index is 13.0. The molecule has 1 saturated carbocycles. The van der Waals surface area contributed by atoms with Gasteiger partial charge in [-0.25, -0.2) is 8.78 Å². The lowest BCUT2D eigenvalue weighted by atomic mass is 9.75. The van der Waals surface area contributed by atoms with E-state index in [2.05, 4.69) is 4.98 Å². The normalized spacial score (nSPS) is 26.5. The molecule has 1 aromatic heterocycles. The Morgan fingerprint density at radius 2 is 2.04 bits per heavy atom. The second kappa shape index (κ2) is 6.85. The monoisotopic (exact) mass is 366 g/mol. The molecule has 1 spiro atoms. The maximum absolute atomic E-state index is 13.0. The van der Waals surface area contributed by atoms with Gasteiger partial charge >= 0.3 is 0 Å². The molecular weight excluding hydrogens is 342 g/mol. The molecule has 3 heterocycles. The summed E-state index contributed by atoms with van der Waals surface area (Å²) in [6.07, 6.45) is 4.73. The van der Waals surface area contributed by atoms with Crippen LogP contribution in [-0.2, 0) is 20.9 Å². The Bertz CT molecular complexity index is 641. The van der Waals surface area contributed by atoms with Crippen LogP contribution in [0.3, 0.4) is 0 Å². The summed E-state index contributed by atoms with van der Waals surface area (Å²) in [5.41, 5.74) is 0.803. The van der Waals surface area contributed by atoms with Gasteiger partial charge in [-0.05, 0) is 36.5 Å². The zero-order chi connectivity index (χ0) is 18.2. The molecular formula is C19H24F2N2O3. The summed E-state index contributed by atoms with van der Waals surface area (Å²) < 4.78 is 37.7. The molecule has 2 aliphatic heterocycles. The fourth-order valence-electron chi connectivity index (χ4n) is 4.29. The molecule has 1 aliphatic carbocycles. The lowest BCUT2D eigenvalue weighted by Crippen LogP contribution is -2.67. The third-order valence-electron chi connectivity index (χ3n) is 5.90. The first-order valence-electron chi connectivity index (χ1n) is 9.25. The van der Waals surface area contributed by atoms with Gasteiger partial charge in [-0.2, -0.15) is 0 Å². The van der Waals surface area contributed by atoms with E-state index in [1.807, 2.05) is 12.1 Å². The van der Waals surface area contributed by atoms with Crippen LogP contribution in [0.1, 0.15) is 31.2 Å². The molecule has 0 bridgehead atoms. The summed E-state index contributed by atoms with van der Waals surface area (Å²) in [5, 5.41) is 0. The van der Waals surface area contributed by atoms with E-state index in [-0.39, 0.29) is 24.3 Å². The first kappa shape index (κ1) is 17.8. The fourth-order valence-corrected chi connectivity index (χ4v) is 4.29. The number of nitrogens with zero attached hydrogens (tertiary/aromatic N) is 2. The minimum Gasteiger partial charge on any atom is -0.377 e. The van der Waals surface area contributed by atoms with Gasteiger partial charge in [0.15, 0.2) is 0 Å². The van der Waals surface area contributed by atoms with Crippen molar-refractivity contribution in [3.8, 4) is 0 Å². The van der Waals surface area contributed by atoms with E-state index in [4.69, 9.17) is 9.47 Å². The number of aromatic nitrogens is 1. The second-order valence-electron chi connectivity index (χ2n) is 7.75. The quantitative estimate of drug-likeness (QED) is 0.727. The number of alkyl halides is 2. The van der Waals surface area contributed by atoms with Crippen LogP contribution in [0.15, 0.2) is 24.5 Å². The van der Waals surface area contributed by atoms with Gasteiger partial charge in [0.2, 0.25) is 11.8 Å². The zero-order valence-electron chi connectivity index (χ0n) is 14.7. The molecule has 4 rings (SSSR count). The molecule has 142 valence electrons. The third-order valence-corrected chi connectivity index (χ3v) is 5.90. The number of carbonyl (C=O) groups is 1. The summed E-state index contributed by atoms with van der Waals surface area (Å²) >= 11 is 0. The van der Waals surface area contributed by atoms with Gasteiger partial charge in [0.05, 0.1) is 19.7 Å². The van der Waals surface area contributed by atoms with E-state index in [1.54, 1.807) is 17.3 Å². The molecule has 26 heavy (non-hydrogen) atoms. The Hall–Kier alpha value is -1.60. The van der Waals surface area contributed by atoms with Crippen molar-refractivity contribution in [1.82, 2.24) is 9.88 Å². The number of amides is 1. The van der Waals surface area contributed by atoms with Crippen LogP contribution in [-0.4, -0.2) is 53.6 Å². The SMILES string of the molecule is O=C(C1CC(F)(F)C1)N1CC2(C1)OCCC2CCOCc1ccncc1. The fraction of sp³-hybridized carbons (Fsp3) is 0.684. The highest BCUT2D eigenvalue weighted by molar-refractivity contribution is 5.81. The average Bonchev–Trinajstić information content (AvgIpc) is 2.99. The number of halogens is 2. The van der Waals surface area contributed by atoms with Crippen molar-refractivity contribution in [3.05, 3.63) is 30.1 Å². The van der Waals surface area contributed by atoms with Gasteiger partial charge < -0.3 is 14.4 Å². The van der Waals surface area contributed by atoms with Gasteiger partial charge in [-0.1, -0.05) is 0 Å². The highest BCUT2D eigenvalue weighted by atomic mass is 19.3. The van der Waals surface area contributed by atoms with Gasteiger partial charge in [0.1, 0.15) is 5.60 Å². The largest absolute Gasteiger partial charge is 0.377 e. The van der Waals surface area contributed by atoms with Crippen molar-refractivity contribution >= 4 is 5.91 Å². The van der Waals surface area contributed by atoms with Crippen LogP contribution in [0.25, 0.3) is 0 Å². The predicted octanol–water partition coefficient (Wildman–Crippen LogP) is 2.65. The Labute approximate surface area is 151 Å². The zero-order valence-corrected chi connectivity index (χ0v) is 14.7. The Morgan fingerprint density at radius 1 is 1.31 bits per heavy atom. The molecule has 5 nitrogen and oxygen atoms in total. The van der Waals surface area contributed by atoms with E-state index in [9.17, 15) is 13.6 Å². The topological polar surface area (TPSA) is 51.7 Å². The summed E-state index contributed by atoms with van der Waals surface area (Å²) in [7, 11) is 0. The van der Waals surface area contributed by atoms with E-state index in [1.165, 1.54) is 0 Å². The number of likely N-dealkylation sites (tertiary alicyclic amines) is 1. The van der Waals surface area contributed by atoms with E-state index < -0.39 is 11.8 Å². The number of hydrogen-bond donors (Lipinski definition) is 0. The minimum atomic E-state index is -2.65. The Morgan fingerprint density at radius 3 is 2.73 bits per heavy atom. The first-order valence-corrected chi connectivity index (χ1v) is 9.25. The minimum absolute atomic E-state index is 0.135. The van der Waals surface area contributed by atoms with Gasteiger partial charge in [0.25, 0.3) is 0 Å². The molecule has 1 unspecified atom stereocenters. The van der Waals surface area contributed by atoms with Gasteiger partial charge in [0, 0.05) is 44.4 Å². The molecule has 0 N–H and O–H groups in total. The van der Waals surface area contributed by atoms with E-state index >= 15 is 0 Å². The van der Waals surface area contributed by atoms with Crippen molar-refractivity contribution in [3.63, 3.8) is 0 Å². The number of pyridine rings is 1. The predicted molar refractivity (Wildman–Crippen MR) is 89.6 cm³/mol. The van der Waals surface area contributed by atoms with Gasteiger partial charge in [-0.3, -0.25) is 9.78 Å². The molecule has 7 heteroatoms. The molecule has 3 aliphatic rings. The van der Waals surface area contributed by atoms with E-state index in [0.29, 0.717) is 38.8 Å².